The van der Waals surface area contributed by atoms with E-state index in [1.54, 1.807) is 11.8 Å². The first-order chi connectivity index (χ1) is 9.40. The fourth-order valence-corrected chi connectivity index (χ4v) is 4.94. The summed E-state index contributed by atoms with van der Waals surface area (Å²) in [4.78, 5) is 17.1. The van der Waals surface area contributed by atoms with E-state index >= 15 is 0 Å². The highest BCUT2D eigenvalue weighted by Gasteiger charge is 2.22. The fraction of sp³-hybridized carbons (Fsp3) is 0.636. The predicted molar refractivity (Wildman–Crippen MR) is 77.5 cm³/mol. The Labute approximate surface area is 127 Å². The molecule has 1 aliphatic rings. The summed E-state index contributed by atoms with van der Waals surface area (Å²) < 4.78 is 27.0. The van der Waals surface area contributed by atoms with Gasteiger partial charge in [-0.15, -0.1) is 0 Å². The molecular formula is C11H16ClN3O3S2. The number of amides is 1. The molecule has 0 unspecified atom stereocenters. The Morgan fingerprint density at radius 3 is 2.80 bits per heavy atom. The maximum absolute atomic E-state index is 12.0. The van der Waals surface area contributed by atoms with Crippen molar-refractivity contribution >= 4 is 38.9 Å². The van der Waals surface area contributed by atoms with Crippen molar-refractivity contribution in [1.82, 2.24) is 14.6 Å². The summed E-state index contributed by atoms with van der Waals surface area (Å²) in [5.41, 5.74) is 0.405. The Hall–Kier alpha value is -0.700. The van der Waals surface area contributed by atoms with Crippen LogP contribution in [-0.4, -0.2) is 43.8 Å². The minimum absolute atomic E-state index is 0.151. The van der Waals surface area contributed by atoms with Crippen LogP contribution in [0.15, 0.2) is 4.21 Å². The van der Waals surface area contributed by atoms with Gasteiger partial charge in [0.15, 0.2) is 8.68 Å². The van der Waals surface area contributed by atoms with Gasteiger partial charge in [-0.05, 0) is 19.8 Å². The van der Waals surface area contributed by atoms with E-state index in [4.69, 9.17) is 11.6 Å². The number of aromatic nitrogens is 1. The third-order valence-corrected chi connectivity index (χ3v) is 6.37. The van der Waals surface area contributed by atoms with E-state index in [2.05, 4.69) is 9.71 Å². The van der Waals surface area contributed by atoms with Crippen molar-refractivity contribution in [3.8, 4) is 0 Å². The van der Waals surface area contributed by atoms with E-state index in [-0.39, 0.29) is 14.6 Å². The lowest BCUT2D eigenvalue weighted by molar-refractivity contribution is -0.127. The van der Waals surface area contributed by atoms with Crippen molar-refractivity contribution in [3.63, 3.8) is 0 Å². The van der Waals surface area contributed by atoms with Gasteiger partial charge in [0.2, 0.25) is 5.91 Å². The first kappa shape index (κ1) is 15.7. The van der Waals surface area contributed by atoms with E-state index in [1.165, 1.54) is 0 Å². The number of likely N-dealkylation sites (tertiary alicyclic amines) is 1. The number of hydrogen-bond acceptors (Lipinski definition) is 5. The van der Waals surface area contributed by atoms with Gasteiger partial charge in [0.1, 0.15) is 0 Å². The number of thiazole rings is 1. The first-order valence-corrected chi connectivity index (χ1v) is 8.98. The summed E-state index contributed by atoms with van der Waals surface area (Å²) >= 11 is 6.65. The maximum Gasteiger partial charge on any atom is 0.251 e. The van der Waals surface area contributed by atoms with Crippen molar-refractivity contribution in [3.05, 3.63) is 10.2 Å². The zero-order valence-corrected chi connectivity index (χ0v) is 13.4. The third kappa shape index (κ3) is 3.69. The second-order valence-electron chi connectivity index (χ2n) is 4.58. The molecule has 0 aliphatic carbocycles. The number of nitrogens with one attached hydrogen (secondary N) is 1. The molecule has 1 fully saturated rings. The molecule has 9 heteroatoms. The van der Waals surface area contributed by atoms with E-state index < -0.39 is 10.0 Å². The molecule has 1 N–H and O–H groups in total. The van der Waals surface area contributed by atoms with Crippen LogP contribution in [0.4, 0.5) is 0 Å². The molecule has 20 heavy (non-hydrogen) atoms. The minimum atomic E-state index is -3.56. The van der Waals surface area contributed by atoms with Crippen molar-refractivity contribution in [1.29, 1.82) is 0 Å². The van der Waals surface area contributed by atoms with Crippen LogP contribution in [0, 0.1) is 6.92 Å². The Bertz CT molecular complexity index is 600. The van der Waals surface area contributed by atoms with Gasteiger partial charge in [0.25, 0.3) is 10.0 Å². The zero-order valence-electron chi connectivity index (χ0n) is 11.1. The number of sulfonamides is 1. The number of carbonyl (C=O) groups excluding carboxylic acids is 1. The highest BCUT2D eigenvalue weighted by molar-refractivity contribution is 7.91. The molecule has 112 valence electrons. The molecule has 2 rings (SSSR count). The topological polar surface area (TPSA) is 79.4 Å². The lowest BCUT2D eigenvalue weighted by atomic mass is 10.4. The smallest absolute Gasteiger partial charge is 0.251 e. The normalized spacial score (nSPS) is 16.1. The molecule has 1 aromatic heterocycles. The van der Waals surface area contributed by atoms with Crippen LogP contribution >= 0.6 is 22.9 Å². The van der Waals surface area contributed by atoms with Crippen molar-refractivity contribution in [2.75, 3.05) is 19.6 Å². The minimum Gasteiger partial charge on any atom is -0.343 e. The van der Waals surface area contributed by atoms with E-state index in [0.29, 0.717) is 31.6 Å². The van der Waals surface area contributed by atoms with Crippen molar-refractivity contribution in [2.45, 2.75) is 30.4 Å². The van der Waals surface area contributed by atoms with Crippen LogP contribution in [0.2, 0.25) is 4.47 Å². The highest BCUT2D eigenvalue weighted by atomic mass is 35.5. The molecule has 6 nitrogen and oxygen atoms in total. The van der Waals surface area contributed by atoms with E-state index in [0.717, 1.165) is 24.3 Å². The lowest BCUT2D eigenvalue weighted by Crippen LogP contribution is -2.30. The molecule has 0 bridgehead atoms. The van der Waals surface area contributed by atoms with Gasteiger partial charge < -0.3 is 4.90 Å². The number of carbonyl (C=O) groups is 1. The standard InChI is InChI=1S/C11H16ClN3O3S2/c1-8-10(19-11(12)14-8)20(17,18)13-5-3-7-15-6-2-4-9(15)16/h13H,2-7H2,1H3. The van der Waals surface area contributed by atoms with E-state index in [9.17, 15) is 13.2 Å². The second kappa shape index (κ2) is 6.38. The van der Waals surface area contributed by atoms with Gasteiger partial charge >= 0.3 is 0 Å². The number of halogens is 1. The summed E-state index contributed by atoms with van der Waals surface area (Å²) in [6, 6.07) is 0. The lowest BCUT2D eigenvalue weighted by Gasteiger charge is -2.15. The van der Waals surface area contributed by atoms with Crippen LogP contribution in [-0.2, 0) is 14.8 Å². The Kier molecular flexibility index (Phi) is 5.00. The Morgan fingerprint density at radius 1 is 1.50 bits per heavy atom. The number of nitrogens with zero attached hydrogens (tertiary/aromatic N) is 2. The molecule has 0 radical (unpaired) electrons. The van der Waals surface area contributed by atoms with Gasteiger partial charge in [0.05, 0.1) is 5.69 Å². The largest absolute Gasteiger partial charge is 0.343 e. The summed E-state index contributed by atoms with van der Waals surface area (Å²) in [7, 11) is -3.56. The third-order valence-electron chi connectivity index (χ3n) is 3.04. The zero-order chi connectivity index (χ0) is 14.8. The molecule has 0 atom stereocenters. The van der Waals surface area contributed by atoms with Crippen LogP contribution < -0.4 is 4.72 Å². The molecule has 1 aliphatic heterocycles. The molecule has 0 spiro atoms. The summed E-state index contributed by atoms with van der Waals surface area (Å²) in [6.07, 6.45) is 2.09. The highest BCUT2D eigenvalue weighted by Crippen LogP contribution is 2.26. The van der Waals surface area contributed by atoms with Crippen LogP contribution in [0.5, 0.6) is 0 Å². The van der Waals surface area contributed by atoms with E-state index in [1.807, 2.05) is 0 Å². The fourth-order valence-electron chi connectivity index (χ4n) is 2.08. The van der Waals surface area contributed by atoms with Gasteiger partial charge in [-0.25, -0.2) is 18.1 Å². The predicted octanol–water partition coefficient (Wildman–Crippen LogP) is 1.40. The van der Waals surface area contributed by atoms with Gasteiger partial charge in [0, 0.05) is 26.1 Å². The summed E-state index contributed by atoms with van der Waals surface area (Å²) in [5.74, 6) is 0.151. The molecular weight excluding hydrogens is 322 g/mol. The summed E-state index contributed by atoms with van der Waals surface area (Å²) in [5, 5.41) is 0. The number of rotatable bonds is 6. The molecule has 0 aromatic carbocycles. The molecule has 1 aromatic rings. The van der Waals surface area contributed by atoms with Gasteiger partial charge in [-0.1, -0.05) is 22.9 Å². The second-order valence-corrected chi connectivity index (χ2v) is 8.12. The Balaban J connectivity index is 1.84. The molecule has 0 saturated carbocycles. The number of hydrogen-bond donors (Lipinski definition) is 1. The first-order valence-electron chi connectivity index (χ1n) is 6.30. The van der Waals surface area contributed by atoms with Crippen LogP contribution in [0.25, 0.3) is 0 Å². The average molecular weight is 338 g/mol. The molecule has 1 saturated heterocycles. The van der Waals surface area contributed by atoms with Crippen LogP contribution in [0.3, 0.4) is 0 Å². The number of aryl methyl sites for hydroxylation is 1. The molecule has 1 amide bonds. The SMILES string of the molecule is Cc1nc(Cl)sc1S(=O)(=O)NCCCN1CCCC1=O. The quantitative estimate of drug-likeness (QED) is 0.796. The van der Waals surface area contributed by atoms with Gasteiger partial charge in [-0.2, -0.15) is 0 Å². The molecule has 2 heterocycles. The van der Waals surface area contributed by atoms with Crippen LogP contribution in [0.1, 0.15) is 25.0 Å². The maximum atomic E-state index is 12.0. The monoisotopic (exact) mass is 337 g/mol. The van der Waals surface area contributed by atoms with Crippen molar-refractivity contribution in [2.24, 2.45) is 0 Å². The van der Waals surface area contributed by atoms with Crippen molar-refractivity contribution < 1.29 is 13.2 Å². The average Bonchev–Trinajstić information content (AvgIpc) is 2.91. The summed E-state index contributed by atoms with van der Waals surface area (Å²) in [6.45, 7) is 3.26. The van der Waals surface area contributed by atoms with Gasteiger partial charge in [-0.3, -0.25) is 4.79 Å². The Morgan fingerprint density at radius 2 is 2.25 bits per heavy atom.